The van der Waals surface area contributed by atoms with Crippen molar-refractivity contribution in [3.05, 3.63) is 24.2 Å². The Morgan fingerprint density at radius 2 is 2.15 bits per heavy atom. The van der Waals surface area contributed by atoms with Crippen LogP contribution < -0.4 is 10.6 Å². The van der Waals surface area contributed by atoms with Crippen LogP contribution in [0.2, 0.25) is 0 Å². The summed E-state index contributed by atoms with van der Waals surface area (Å²) in [6.45, 7) is 2.61. The predicted octanol–water partition coefficient (Wildman–Crippen LogP) is -0.0472. The van der Waals surface area contributed by atoms with E-state index in [-0.39, 0.29) is 5.82 Å². The molecule has 3 rings (SSSR count). The number of nitriles is 1. The summed E-state index contributed by atoms with van der Waals surface area (Å²) in [5.74, 6) is 1.40. The number of nitrogens with two attached hydrogens (primary N) is 1. The molecule has 8 heteroatoms. The fourth-order valence-electron chi connectivity index (χ4n) is 2.11. The number of hydrogen-bond donors (Lipinski definition) is 1. The van der Waals surface area contributed by atoms with Crippen LogP contribution in [-0.2, 0) is 4.74 Å². The molecule has 0 amide bonds. The number of nitrogens with zero attached hydrogens (tertiary/aromatic N) is 6. The maximum Gasteiger partial charge on any atom is 0.171 e. The highest BCUT2D eigenvalue weighted by Crippen LogP contribution is 2.26. The second-order valence-electron chi connectivity index (χ2n) is 4.27. The maximum absolute atomic E-state index is 9.32. The van der Waals surface area contributed by atoms with Crippen LogP contribution in [0.1, 0.15) is 5.56 Å². The lowest BCUT2D eigenvalue weighted by atomic mass is 10.3. The third-order valence-corrected chi connectivity index (χ3v) is 3.11. The van der Waals surface area contributed by atoms with Gasteiger partial charge in [0.2, 0.25) is 0 Å². The Morgan fingerprint density at radius 3 is 2.80 bits per heavy atom. The van der Waals surface area contributed by atoms with Gasteiger partial charge in [0, 0.05) is 25.4 Å². The average molecular weight is 271 g/mol. The van der Waals surface area contributed by atoms with Crippen molar-refractivity contribution in [2.24, 2.45) is 0 Å². The molecular weight excluding hydrogens is 258 g/mol. The number of nitrogen functional groups attached to an aromatic ring is 1. The molecule has 2 aromatic heterocycles. The molecular formula is C12H13N7O. The molecule has 0 aliphatic carbocycles. The lowest BCUT2D eigenvalue weighted by Gasteiger charge is -2.26. The third kappa shape index (κ3) is 2.04. The van der Waals surface area contributed by atoms with E-state index in [0.29, 0.717) is 43.5 Å². The topological polar surface area (TPSA) is 106 Å². The molecule has 0 atom stereocenters. The minimum atomic E-state index is 0.285. The summed E-state index contributed by atoms with van der Waals surface area (Å²) < 4.78 is 6.77. The van der Waals surface area contributed by atoms with Gasteiger partial charge in [0.25, 0.3) is 0 Å². The fraction of sp³-hybridized carbons (Fsp3) is 0.333. The zero-order chi connectivity index (χ0) is 13.9. The van der Waals surface area contributed by atoms with Gasteiger partial charge in [-0.1, -0.05) is 0 Å². The number of anilines is 2. The van der Waals surface area contributed by atoms with Crippen LogP contribution in [-0.4, -0.2) is 46.1 Å². The van der Waals surface area contributed by atoms with Crippen molar-refractivity contribution in [1.82, 2.24) is 19.7 Å². The zero-order valence-corrected chi connectivity index (χ0v) is 10.7. The lowest BCUT2D eigenvalue weighted by molar-refractivity contribution is 0.122. The summed E-state index contributed by atoms with van der Waals surface area (Å²) in [4.78, 5) is 9.95. The number of rotatable bonds is 2. The van der Waals surface area contributed by atoms with Crippen LogP contribution in [0.25, 0.3) is 5.82 Å². The number of hydrogen-bond acceptors (Lipinski definition) is 7. The van der Waals surface area contributed by atoms with Crippen LogP contribution in [0, 0.1) is 11.3 Å². The van der Waals surface area contributed by atoms with Crippen molar-refractivity contribution in [2.45, 2.75) is 0 Å². The molecule has 2 aromatic rings. The van der Waals surface area contributed by atoms with Crippen molar-refractivity contribution in [3.8, 4) is 11.9 Å². The van der Waals surface area contributed by atoms with Gasteiger partial charge in [-0.25, -0.2) is 9.97 Å². The highest BCUT2D eigenvalue weighted by atomic mass is 16.5. The van der Waals surface area contributed by atoms with E-state index in [1.807, 2.05) is 4.90 Å². The third-order valence-electron chi connectivity index (χ3n) is 3.11. The van der Waals surface area contributed by atoms with E-state index >= 15 is 0 Å². The number of aromatic nitrogens is 4. The Kier molecular flexibility index (Phi) is 3.18. The van der Waals surface area contributed by atoms with E-state index in [1.54, 1.807) is 12.3 Å². The van der Waals surface area contributed by atoms with Gasteiger partial charge in [-0.3, -0.25) is 0 Å². The largest absolute Gasteiger partial charge is 0.382 e. The Bertz CT molecular complexity index is 640. The van der Waals surface area contributed by atoms with Crippen LogP contribution in [0.15, 0.2) is 18.6 Å². The summed E-state index contributed by atoms with van der Waals surface area (Å²) >= 11 is 0. The monoisotopic (exact) mass is 271 g/mol. The van der Waals surface area contributed by atoms with Crippen LogP contribution >= 0.6 is 0 Å². The van der Waals surface area contributed by atoms with Gasteiger partial charge in [0.15, 0.2) is 11.6 Å². The molecule has 8 nitrogen and oxygen atoms in total. The minimum Gasteiger partial charge on any atom is -0.382 e. The van der Waals surface area contributed by atoms with Gasteiger partial charge in [-0.15, -0.1) is 5.10 Å². The molecule has 1 saturated heterocycles. The van der Waals surface area contributed by atoms with Crippen molar-refractivity contribution in [1.29, 1.82) is 5.26 Å². The van der Waals surface area contributed by atoms with Crippen LogP contribution in [0.3, 0.4) is 0 Å². The molecule has 2 N–H and O–H groups in total. The molecule has 1 fully saturated rings. The first-order valence-corrected chi connectivity index (χ1v) is 6.19. The highest BCUT2D eigenvalue weighted by Gasteiger charge is 2.23. The molecule has 0 saturated carbocycles. The molecule has 20 heavy (non-hydrogen) atoms. The molecule has 3 heterocycles. The Hall–Kier alpha value is -2.66. The van der Waals surface area contributed by atoms with E-state index in [0.717, 1.165) is 0 Å². The summed E-state index contributed by atoms with van der Waals surface area (Å²) in [5.41, 5.74) is 6.38. The Morgan fingerprint density at radius 1 is 1.35 bits per heavy atom. The number of ether oxygens (including phenoxy) is 1. The van der Waals surface area contributed by atoms with Gasteiger partial charge in [0.1, 0.15) is 23.8 Å². The van der Waals surface area contributed by atoms with E-state index < -0.39 is 0 Å². The Labute approximate surface area is 115 Å². The van der Waals surface area contributed by atoms with E-state index in [4.69, 9.17) is 10.5 Å². The van der Waals surface area contributed by atoms with Crippen molar-refractivity contribution in [3.63, 3.8) is 0 Å². The fourth-order valence-corrected chi connectivity index (χ4v) is 2.11. The van der Waals surface area contributed by atoms with Crippen LogP contribution in [0.4, 0.5) is 11.6 Å². The van der Waals surface area contributed by atoms with Gasteiger partial charge in [-0.2, -0.15) is 9.94 Å². The zero-order valence-electron chi connectivity index (χ0n) is 10.7. The molecule has 0 unspecified atom stereocenters. The summed E-state index contributed by atoms with van der Waals surface area (Å²) in [5, 5.41) is 13.7. The lowest BCUT2D eigenvalue weighted by Crippen LogP contribution is -2.37. The number of morpholine rings is 1. The summed E-state index contributed by atoms with van der Waals surface area (Å²) in [6.07, 6.45) is 3.01. The van der Waals surface area contributed by atoms with E-state index in [2.05, 4.69) is 21.1 Å². The molecule has 0 radical (unpaired) electrons. The van der Waals surface area contributed by atoms with Crippen molar-refractivity contribution >= 4 is 11.6 Å². The van der Waals surface area contributed by atoms with Gasteiger partial charge < -0.3 is 15.4 Å². The SMILES string of the molecule is N#Cc1c(N2CCOCC2)nn(-c2ccncn2)c1N. The predicted molar refractivity (Wildman–Crippen MR) is 71.3 cm³/mol. The highest BCUT2D eigenvalue weighted by molar-refractivity contribution is 5.66. The maximum atomic E-state index is 9.32. The van der Waals surface area contributed by atoms with E-state index in [9.17, 15) is 5.26 Å². The first kappa shape index (κ1) is 12.4. The first-order chi connectivity index (χ1) is 9.81. The molecule has 0 spiro atoms. The quantitative estimate of drug-likeness (QED) is 0.816. The van der Waals surface area contributed by atoms with E-state index in [1.165, 1.54) is 11.0 Å². The molecule has 0 aromatic carbocycles. The smallest absolute Gasteiger partial charge is 0.171 e. The van der Waals surface area contributed by atoms with Gasteiger partial charge in [-0.05, 0) is 0 Å². The first-order valence-electron chi connectivity index (χ1n) is 6.19. The molecule has 1 aliphatic heterocycles. The molecule has 102 valence electrons. The molecule has 1 aliphatic rings. The summed E-state index contributed by atoms with van der Waals surface area (Å²) in [6, 6.07) is 3.81. The van der Waals surface area contributed by atoms with Crippen molar-refractivity contribution in [2.75, 3.05) is 36.9 Å². The Balaban J connectivity index is 2.05. The second kappa shape index (κ2) is 5.14. The normalized spacial score (nSPS) is 15.1. The second-order valence-corrected chi connectivity index (χ2v) is 4.27. The van der Waals surface area contributed by atoms with Crippen molar-refractivity contribution < 1.29 is 4.74 Å². The van der Waals surface area contributed by atoms with Gasteiger partial charge >= 0.3 is 0 Å². The summed E-state index contributed by atoms with van der Waals surface area (Å²) in [7, 11) is 0. The molecule has 0 bridgehead atoms. The average Bonchev–Trinajstić information content (AvgIpc) is 2.86. The standard InChI is InChI=1S/C12H13N7O/c13-7-9-11(14)19(10-1-2-15-8-16-10)17-12(9)18-3-5-20-6-4-18/h1-2,8H,3-6,14H2. The minimum absolute atomic E-state index is 0.285. The van der Waals surface area contributed by atoms with Gasteiger partial charge in [0.05, 0.1) is 13.2 Å². The van der Waals surface area contributed by atoms with Crippen LogP contribution in [0.5, 0.6) is 0 Å².